The number of hydrogen-bond donors (Lipinski definition) is 1. The number of nitrogens with one attached hydrogen (secondary N) is 1. The first-order chi connectivity index (χ1) is 13.3. The summed E-state index contributed by atoms with van der Waals surface area (Å²) in [5.41, 5.74) is 1.37. The van der Waals surface area contributed by atoms with E-state index >= 15 is 0 Å². The number of nitrogens with zero attached hydrogens (tertiary/aromatic N) is 2. The van der Waals surface area contributed by atoms with E-state index in [-0.39, 0.29) is 30.1 Å². The van der Waals surface area contributed by atoms with E-state index in [9.17, 15) is 0 Å². The molecule has 0 spiro atoms. The fourth-order valence-corrected chi connectivity index (χ4v) is 3.73. The highest BCUT2D eigenvalue weighted by Gasteiger charge is 2.26. The first kappa shape index (κ1) is 23.2. The van der Waals surface area contributed by atoms with E-state index in [2.05, 4.69) is 29.3 Å². The van der Waals surface area contributed by atoms with Gasteiger partial charge < -0.3 is 24.4 Å². The lowest BCUT2D eigenvalue weighted by molar-refractivity contribution is 0.0199. The lowest BCUT2D eigenvalue weighted by Gasteiger charge is -2.22. The molecule has 158 valence electrons. The van der Waals surface area contributed by atoms with Gasteiger partial charge in [-0.25, -0.2) is 0 Å². The van der Waals surface area contributed by atoms with Crippen molar-refractivity contribution in [3.05, 3.63) is 29.8 Å². The summed E-state index contributed by atoms with van der Waals surface area (Å²) in [6.07, 6.45) is 3.70. The minimum Gasteiger partial charge on any atom is -0.497 e. The fraction of sp³-hybridized carbons (Fsp3) is 0.667. The average molecular weight is 503 g/mol. The lowest BCUT2D eigenvalue weighted by atomic mass is 9.98. The van der Waals surface area contributed by atoms with Crippen LogP contribution in [0.15, 0.2) is 29.3 Å². The molecule has 1 aromatic rings. The molecule has 1 N–H and O–H groups in total. The number of hydrogen-bond acceptors (Lipinski definition) is 4. The number of rotatable bonds is 8. The van der Waals surface area contributed by atoms with Gasteiger partial charge in [-0.15, -0.1) is 24.0 Å². The predicted octanol–water partition coefficient (Wildman–Crippen LogP) is 3.26. The molecule has 0 amide bonds. The molecule has 0 radical (unpaired) electrons. The Labute approximate surface area is 186 Å². The second-order valence-corrected chi connectivity index (χ2v) is 7.15. The van der Waals surface area contributed by atoms with Gasteiger partial charge in [-0.2, -0.15) is 0 Å². The van der Waals surface area contributed by atoms with Crippen LogP contribution in [0, 0.1) is 0 Å². The Bertz CT molecular complexity index is 591. The summed E-state index contributed by atoms with van der Waals surface area (Å²) in [5, 5.41) is 3.42. The molecule has 7 heteroatoms. The molecule has 2 heterocycles. The zero-order chi connectivity index (χ0) is 18.9. The Morgan fingerprint density at radius 2 is 2.11 bits per heavy atom. The largest absolute Gasteiger partial charge is 0.497 e. The van der Waals surface area contributed by atoms with Gasteiger partial charge in [0.05, 0.1) is 33.0 Å². The zero-order valence-corrected chi connectivity index (χ0v) is 19.4. The smallest absolute Gasteiger partial charge is 0.194 e. The number of aliphatic imine (C=N–C) groups is 1. The van der Waals surface area contributed by atoms with Gasteiger partial charge in [0, 0.05) is 32.2 Å². The van der Waals surface area contributed by atoms with Crippen LogP contribution >= 0.6 is 24.0 Å². The molecule has 3 rings (SSSR count). The third-order valence-corrected chi connectivity index (χ3v) is 5.23. The summed E-state index contributed by atoms with van der Waals surface area (Å²) >= 11 is 0. The van der Waals surface area contributed by atoms with Crippen molar-refractivity contribution >= 4 is 29.9 Å². The topological polar surface area (TPSA) is 55.3 Å². The van der Waals surface area contributed by atoms with Crippen LogP contribution in [-0.4, -0.2) is 70.1 Å². The highest BCUT2D eigenvalue weighted by atomic mass is 127. The number of guanidine groups is 1. The Kier molecular flexibility index (Phi) is 10.4. The molecule has 28 heavy (non-hydrogen) atoms. The van der Waals surface area contributed by atoms with Crippen LogP contribution in [-0.2, 0) is 9.47 Å². The van der Waals surface area contributed by atoms with Gasteiger partial charge in [0.2, 0.25) is 0 Å². The van der Waals surface area contributed by atoms with Gasteiger partial charge in [-0.3, -0.25) is 4.99 Å². The third-order valence-electron chi connectivity index (χ3n) is 5.23. The maximum absolute atomic E-state index is 5.73. The molecule has 0 bridgehead atoms. The van der Waals surface area contributed by atoms with Crippen molar-refractivity contribution in [2.75, 3.05) is 53.1 Å². The van der Waals surface area contributed by atoms with E-state index in [1.54, 1.807) is 7.11 Å². The first-order valence-electron chi connectivity index (χ1n) is 10.2. The van der Waals surface area contributed by atoms with Crippen LogP contribution in [0.3, 0.4) is 0 Å². The SMILES string of the molecule is CCNC(=NCCOCC1CCCO1)N1CCC(c2ccc(OC)cc2)C1.I. The minimum atomic E-state index is 0. The molecule has 2 unspecified atom stereocenters. The van der Waals surface area contributed by atoms with Crippen molar-refractivity contribution in [3.63, 3.8) is 0 Å². The predicted molar refractivity (Wildman–Crippen MR) is 123 cm³/mol. The van der Waals surface area contributed by atoms with Crippen LogP contribution in [0.4, 0.5) is 0 Å². The summed E-state index contributed by atoms with van der Waals surface area (Å²) in [6, 6.07) is 8.44. The van der Waals surface area contributed by atoms with E-state index in [0.717, 1.165) is 57.2 Å². The van der Waals surface area contributed by atoms with E-state index in [4.69, 9.17) is 19.2 Å². The molecule has 0 aliphatic carbocycles. The van der Waals surface area contributed by atoms with Gasteiger partial charge in [0.25, 0.3) is 0 Å². The first-order valence-corrected chi connectivity index (χ1v) is 10.2. The zero-order valence-electron chi connectivity index (χ0n) is 17.1. The lowest BCUT2D eigenvalue weighted by Crippen LogP contribution is -2.40. The molecule has 0 aromatic heterocycles. The quantitative estimate of drug-likeness (QED) is 0.256. The van der Waals surface area contributed by atoms with Crippen molar-refractivity contribution in [1.29, 1.82) is 0 Å². The summed E-state index contributed by atoms with van der Waals surface area (Å²) in [7, 11) is 1.70. The fourth-order valence-electron chi connectivity index (χ4n) is 3.73. The van der Waals surface area contributed by atoms with Crippen LogP contribution in [0.2, 0.25) is 0 Å². The minimum absolute atomic E-state index is 0. The van der Waals surface area contributed by atoms with Crippen molar-refractivity contribution in [2.24, 2.45) is 4.99 Å². The second kappa shape index (κ2) is 12.5. The van der Waals surface area contributed by atoms with Crippen LogP contribution in [0.25, 0.3) is 0 Å². The third kappa shape index (κ3) is 6.77. The van der Waals surface area contributed by atoms with Crippen molar-refractivity contribution < 1.29 is 14.2 Å². The monoisotopic (exact) mass is 503 g/mol. The summed E-state index contributed by atoms with van der Waals surface area (Å²) < 4.78 is 16.6. The maximum Gasteiger partial charge on any atom is 0.194 e. The van der Waals surface area contributed by atoms with E-state index in [1.807, 2.05) is 12.1 Å². The number of likely N-dealkylation sites (tertiary alicyclic amines) is 1. The van der Waals surface area contributed by atoms with Gasteiger partial charge in [0.1, 0.15) is 5.75 Å². The highest BCUT2D eigenvalue weighted by Crippen LogP contribution is 2.28. The standard InChI is InChI=1S/C21H33N3O3.HI/c1-3-22-21(23-11-14-26-16-20-5-4-13-27-20)24-12-10-18(15-24)17-6-8-19(25-2)9-7-17;/h6-9,18,20H,3-5,10-16H2,1-2H3,(H,22,23);1H. The van der Waals surface area contributed by atoms with Crippen LogP contribution in [0.5, 0.6) is 5.75 Å². The molecule has 2 aliphatic rings. The number of halogens is 1. The molecule has 2 fully saturated rings. The van der Waals surface area contributed by atoms with Gasteiger partial charge in [-0.05, 0) is 43.9 Å². The Balaban J connectivity index is 0.00000280. The summed E-state index contributed by atoms with van der Waals surface area (Å²) in [4.78, 5) is 7.12. The maximum atomic E-state index is 5.73. The van der Waals surface area contributed by atoms with Gasteiger partial charge >= 0.3 is 0 Å². The van der Waals surface area contributed by atoms with Gasteiger partial charge in [0.15, 0.2) is 5.96 Å². The molecule has 2 saturated heterocycles. The van der Waals surface area contributed by atoms with E-state index in [1.165, 1.54) is 5.56 Å². The highest BCUT2D eigenvalue weighted by molar-refractivity contribution is 14.0. The average Bonchev–Trinajstić information content (AvgIpc) is 3.39. The Hall–Kier alpha value is -1.06. The van der Waals surface area contributed by atoms with Crippen molar-refractivity contribution in [1.82, 2.24) is 10.2 Å². The number of benzene rings is 1. The van der Waals surface area contributed by atoms with Gasteiger partial charge in [-0.1, -0.05) is 12.1 Å². The molecule has 6 nitrogen and oxygen atoms in total. The molecule has 0 saturated carbocycles. The van der Waals surface area contributed by atoms with Crippen LogP contribution < -0.4 is 10.1 Å². The van der Waals surface area contributed by atoms with E-state index in [0.29, 0.717) is 25.7 Å². The van der Waals surface area contributed by atoms with E-state index < -0.39 is 0 Å². The molecular formula is C21H34IN3O3. The number of ether oxygens (including phenoxy) is 3. The Morgan fingerprint density at radius 1 is 1.29 bits per heavy atom. The normalized spacial score (nSPS) is 22.2. The van der Waals surface area contributed by atoms with Crippen molar-refractivity contribution in [3.8, 4) is 5.75 Å². The molecule has 2 aliphatic heterocycles. The summed E-state index contributed by atoms with van der Waals surface area (Å²) in [5.74, 6) is 2.44. The Morgan fingerprint density at radius 3 is 2.79 bits per heavy atom. The molecular weight excluding hydrogens is 469 g/mol. The molecule has 1 aromatic carbocycles. The van der Waals surface area contributed by atoms with Crippen LogP contribution in [0.1, 0.15) is 37.7 Å². The number of methoxy groups -OCH3 is 1. The van der Waals surface area contributed by atoms with Crippen molar-refractivity contribution in [2.45, 2.75) is 38.2 Å². The molecule has 2 atom stereocenters. The summed E-state index contributed by atoms with van der Waals surface area (Å²) in [6.45, 7) is 7.90. The second-order valence-electron chi connectivity index (χ2n) is 7.15.